The van der Waals surface area contributed by atoms with E-state index in [0.717, 1.165) is 98.6 Å². The largest absolute Gasteiger partial charge is 0.481 e. The van der Waals surface area contributed by atoms with Gasteiger partial charge < -0.3 is 28.0 Å². The average molecular weight is 1230 g/mol. The van der Waals surface area contributed by atoms with Crippen molar-refractivity contribution in [1.82, 2.24) is 14.3 Å². The van der Waals surface area contributed by atoms with E-state index >= 15 is 0 Å². The molecule has 0 saturated carbocycles. The SMILES string of the molecule is CCCCCCC(C)(Oc1ccc(/C=N/N(C)[P+](=S)C(C)(CCCC)Oc2ccc(/C=N/N(C)[P+](=S)C(C)(C)Oc3ccc(CP(=O)(OC)OC)cc3)cc2)cc1)[P+](=S)N(C)/N=C/c1ccc(OC(C)(CCCCC)N=[N+]=[N-])cc1. The summed E-state index contributed by atoms with van der Waals surface area (Å²) in [6.45, 7) is 12.5. The maximum Gasteiger partial charge on any atom is 0.358 e. The van der Waals surface area contributed by atoms with Crippen LogP contribution in [0.2, 0.25) is 0 Å². The summed E-state index contributed by atoms with van der Waals surface area (Å²) in [6, 6.07) is 30.7. The number of nitrogens with zero attached hydrogens (tertiary/aromatic N) is 9. The standard InChI is InChI=1S/C57H84N9O7P4S3/c1-14-17-20-22-41-57(8,76(80)66(11)61-43-46-23-31-51(32-24-46)71-55(6,62-63-58)39-21-18-15-2)73-53-35-27-48(28-36-53)44-60-65(10)75(79)56(7,40-19-16-3)72-52-33-25-47(26-34-52)42-59-64(9)74(78)54(4,5)70-50-37-29-49(30-38-50)45-77(67,68-12)69-13/h23-38,42-44H,14-22,39-41,45H2,1-13H3/q+3/b59-42+,60-44+,61-43+. The molecule has 16 nitrogen and oxygen atoms in total. The lowest BCUT2D eigenvalue weighted by atomic mass is 10.1. The zero-order valence-corrected chi connectivity index (χ0v) is 55.1. The monoisotopic (exact) mass is 1230 g/mol. The summed E-state index contributed by atoms with van der Waals surface area (Å²) < 4.78 is 54.3. The summed E-state index contributed by atoms with van der Waals surface area (Å²) in [7, 11) is 5.25. The topological polar surface area (TPSA) is 168 Å². The normalized spacial score (nSPS) is 14.8. The van der Waals surface area contributed by atoms with Crippen molar-refractivity contribution in [3.8, 4) is 23.0 Å². The van der Waals surface area contributed by atoms with Crippen molar-refractivity contribution in [2.45, 2.75) is 160 Å². The molecule has 0 heterocycles. The number of hydrazone groups is 3. The minimum absolute atomic E-state index is 0.160. The molecule has 0 aliphatic heterocycles. The first-order chi connectivity index (χ1) is 38.0. The fourth-order valence-corrected chi connectivity index (χ4v) is 14.2. The second-order valence-corrected chi connectivity index (χ2v) is 32.2. The van der Waals surface area contributed by atoms with Crippen LogP contribution in [0.4, 0.5) is 0 Å². The molecule has 434 valence electrons. The first kappa shape index (κ1) is 68.0. The summed E-state index contributed by atoms with van der Waals surface area (Å²) in [4.78, 5) is 3.04. The summed E-state index contributed by atoms with van der Waals surface area (Å²) in [5.41, 5.74) is 11.7. The van der Waals surface area contributed by atoms with Crippen LogP contribution in [-0.2, 0) is 55.2 Å². The van der Waals surface area contributed by atoms with Gasteiger partial charge in [0.2, 0.25) is 0 Å². The van der Waals surface area contributed by atoms with Crippen molar-refractivity contribution < 1.29 is 32.6 Å². The van der Waals surface area contributed by atoms with Crippen LogP contribution >= 0.6 is 28.1 Å². The molecule has 0 saturated heterocycles. The Hall–Kier alpha value is -4.49. The molecule has 0 aromatic heterocycles. The van der Waals surface area contributed by atoms with Crippen molar-refractivity contribution in [3.05, 3.63) is 130 Å². The smallest absolute Gasteiger partial charge is 0.358 e. The van der Waals surface area contributed by atoms with Crippen LogP contribution in [0.3, 0.4) is 0 Å². The predicted octanol–water partition coefficient (Wildman–Crippen LogP) is 17.6. The summed E-state index contributed by atoms with van der Waals surface area (Å²) in [5, 5.41) is 16.2. The number of hydrogen-bond acceptors (Lipinski definition) is 14. The predicted molar refractivity (Wildman–Crippen MR) is 343 cm³/mol. The fourth-order valence-electron chi connectivity index (χ4n) is 8.27. The van der Waals surface area contributed by atoms with E-state index in [1.165, 1.54) is 14.2 Å². The van der Waals surface area contributed by atoms with Gasteiger partial charge in [-0.1, -0.05) is 71.4 Å². The first-order valence-electron chi connectivity index (χ1n) is 27.2. The second-order valence-electron chi connectivity index (χ2n) is 20.4. The number of ether oxygens (including phenoxy) is 4. The van der Waals surface area contributed by atoms with Crippen molar-refractivity contribution in [2.24, 2.45) is 20.4 Å². The zero-order chi connectivity index (χ0) is 59.0. The Balaban J connectivity index is 1.38. The molecule has 0 aliphatic rings. The minimum atomic E-state index is -3.19. The number of hydrogen-bond donors (Lipinski definition) is 0. The Labute approximate surface area is 495 Å². The van der Waals surface area contributed by atoms with Gasteiger partial charge in [-0.05, 0) is 150 Å². The van der Waals surface area contributed by atoms with Crippen LogP contribution < -0.4 is 18.9 Å². The number of azide groups is 1. The molecular weight excluding hydrogens is 1140 g/mol. The molecule has 80 heavy (non-hydrogen) atoms. The molecule has 0 bridgehead atoms. The summed E-state index contributed by atoms with van der Waals surface area (Å²) in [6.07, 6.45) is 17.1. The quantitative estimate of drug-likeness (QED) is 0.00796. The molecule has 4 aromatic carbocycles. The Morgan fingerprint density at radius 2 is 0.887 bits per heavy atom. The van der Waals surface area contributed by atoms with Gasteiger partial charge in [0.05, 0.1) is 45.9 Å². The third-order valence-electron chi connectivity index (χ3n) is 13.0. The van der Waals surface area contributed by atoms with Crippen LogP contribution in [0.15, 0.2) is 117 Å². The van der Waals surface area contributed by atoms with Gasteiger partial charge in [0.1, 0.15) is 23.0 Å². The van der Waals surface area contributed by atoms with Gasteiger partial charge in [-0.3, -0.25) is 4.57 Å². The van der Waals surface area contributed by atoms with E-state index in [2.05, 4.69) is 49.7 Å². The van der Waals surface area contributed by atoms with E-state index in [4.69, 9.17) is 73.6 Å². The molecule has 0 amide bonds. The Morgan fingerprint density at radius 3 is 1.30 bits per heavy atom. The molecule has 0 spiro atoms. The second kappa shape index (κ2) is 33.0. The third kappa shape index (κ3) is 21.7. The molecular formula is C57H84N9O7P4S3+3. The number of benzene rings is 4. The summed E-state index contributed by atoms with van der Waals surface area (Å²) >= 11 is 18.5. The highest BCUT2D eigenvalue weighted by Gasteiger charge is 2.47. The lowest BCUT2D eigenvalue weighted by Crippen LogP contribution is -2.31. The van der Waals surface area contributed by atoms with Gasteiger partial charge in [-0.2, -0.15) is 0 Å². The van der Waals surface area contributed by atoms with E-state index in [-0.39, 0.29) is 6.16 Å². The Kier molecular flexibility index (Phi) is 28.0. The van der Waals surface area contributed by atoms with Crippen molar-refractivity contribution in [1.29, 1.82) is 0 Å². The van der Waals surface area contributed by atoms with Crippen LogP contribution in [0.5, 0.6) is 23.0 Å². The highest BCUT2D eigenvalue weighted by atomic mass is 32.4. The number of rotatable bonds is 37. The van der Waals surface area contributed by atoms with Gasteiger partial charge in [-0.25, -0.2) is 0 Å². The van der Waals surface area contributed by atoms with Gasteiger partial charge in [0.15, 0.2) is 41.1 Å². The molecule has 23 heteroatoms. The summed E-state index contributed by atoms with van der Waals surface area (Å²) in [5.74, 6) is 2.69. The lowest BCUT2D eigenvalue weighted by Gasteiger charge is -2.25. The maximum atomic E-state index is 12.6. The van der Waals surface area contributed by atoms with Crippen LogP contribution in [-0.4, -0.2) is 90.1 Å². The third-order valence-corrected chi connectivity index (χ3v) is 25.8. The van der Waals surface area contributed by atoms with Crippen molar-refractivity contribution in [3.63, 3.8) is 0 Å². The van der Waals surface area contributed by atoms with Crippen LogP contribution in [0, 0.1) is 0 Å². The van der Waals surface area contributed by atoms with Gasteiger partial charge >= 0.3 is 28.1 Å². The number of unbranched alkanes of at least 4 members (excludes halogenated alkanes) is 6. The van der Waals surface area contributed by atoms with Gasteiger partial charge in [-0.15, -0.1) is 29.6 Å². The zero-order valence-electron chi connectivity index (χ0n) is 49.1. The molecule has 0 N–H and O–H groups in total. The molecule has 4 rings (SSSR count). The average Bonchev–Trinajstić information content (AvgIpc) is 3.50. The van der Waals surface area contributed by atoms with Crippen LogP contribution in [0.25, 0.3) is 10.4 Å². The van der Waals surface area contributed by atoms with Gasteiger partial charge in [0, 0.05) is 59.7 Å². The van der Waals surface area contributed by atoms with Crippen molar-refractivity contribution >= 4 is 82.2 Å². The van der Waals surface area contributed by atoms with E-state index in [1.807, 2.05) is 155 Å². The minimum Gasteiger partial charge on any atom is -0.481 e. The highest BCUT2D eigenvalue weighted by Crippen LogP contribution is 2.51. The molecule has 6 atom stereocenters. The maximum absolute atomic E-state index is 12.6. The van der Waals surface area contributed by atoms with Crippen LogP contribution in [0.1, 0.15) is 155 Å². The first-order valence-corrected chi connectivity index (χ1v) is 35.8. The Morgan fingerprint density at radius 1 is 0.525 bits per heavy atom. The van der Waals surface area contributed by atoms with E-state index in [1.54, 1.807) is 17.2 Å². The van der Waals surface area contributed by atoms with E-state index < -0.39 is 49.9 Å². The Bertz CT molecular complexity index is 2800. The molecule has 0 radical (unpaired) electrons. The van der Waals surface area contributed by atoms with Crippen molar-refractivity contribution in [2.75, 3.05) is 35.4 Å². The molecule has 0 fully saturated rings. The highest BCUT2D eigenvalue weighted by molar-refractivity contribution is 8.05. The van der Waals surface area contributed by atoms with E-state index in [0.29, 0.717) is 23.7 Å². The van der Waals surface area contributed by atoms with E-state index in [9.17, 15) is 10.1 Å². The lowest BCUT2D eigenvalue weighted by molar-refractivity contribution is 0.0835. The molecule has 6 unspecified atom stereocenters. The molecule has 4 aromatic rings. The fraction of sp³-hybridized carbons (Fsp3) is 0.526. The molecule has 0 aliphatic carbocycles. The van der Waals surface area contributed by atoms with Gasteiger partial charge in [0.25, 0.3) is 16.0 Å².